The molecule has 8 heteroatoms. The fraction of sp³-hybridized carbons (Fsp3) is 0.545. The van der Waals surface area contributed by atoms with Gasteiger partial charge in [0.2, 0.25) is 0 Å². The monoisotopic (exact) mass is 274 g/mol. The highest BCUT2D eigenvalue weighted by Gasteiger charge is 2.27. The second-order valence-electron chi connectivity index (χ2n) is 3.36. The van der Waals surface area contributed by atoms with E-state index in [0.29, 0.717) is 5.01 Å². The third-order valence-corrected chi connectivity index (χ3v) is 1.83. The van der Waals surface area contributed by atoms with E-state index in [-0.39, 0.29) is 13.2 Å². The van der Waals surface area contributed by atoms with E-state index in [4.69, 9.17) is 0 Å². The lowest BCUT2D eigenvalue weighted by Crippen LogP contribution is -2.47. The van der Waals surface area contributed by atoms with Gasteiger partial charge in [0.05, 0.1) is 13.2 Å². The van der Waals surface area contributed by atoms with Crippen molar-refractivity contribution in [3.05, 3.63) is 11.5 Å². The first kappa shape index (κ1) is 16.8. The zero-order valence-corrected chi connectivity index (χ0v) is 11.3. The Morgan fingerprint density at radius 1 is 1.11 bits per heavy atom. The Labute approximate surface area is 110 Å². The van der Waals surface area contributed by atoms with Crippen molar-refractivity contribution >= 4 is 18.0 Å². The van der Waals surface area contributed by atoms with Crippen LogP contribution in [0.15, 0.2) is 11.5 Å². The van der Waals surface area contributed by atoms with E-state index in [0.717, 1.165) is 6.92 Å². The molecular formula is C11H18N2O6. The lowest BCUT2D eigenvalue weighted by molar-refractivity contribution is -0.115. The van der Waals surface area contributed by atoms with Crippen LogP contribution in [0.5, 0.6) is 0 Å². The van der Waals surface area contributed by atoms with Crippen molar-refractivity contribution < 1.29 is 29.0 Å². The van der Waals surface area contributed by atoms with Gasteiger partial charge >= 0.3 is 12.2 Å². The smallest absolute Gasteiger partial charge is 0.433 e. The maximum atomic E-state index is 11.7. The fourth-order valence-corrected chi connectivity index (χ4v) is 1.21. The van der Waals surface area contributed by atoms with Gasteiger partial charge in [-0.1, -0.05) is 0 Å². The molecule has 0 aliphatic rings. The Balaban J connectivity index is 5.27. The molecule has 0 aliphatic carbocycles. The van der Waals surface area contributed by atoms with Crippen LogP contribution < -0.4 is 5.43 Å². The molecule has 0 atom stereocenters. The largest absolute Gasteiger partial charge is 0.510 e. The second kappa shape index (κ2) is 7.96. The van der Waals surface area contributed by atoms with Crippen molar-refractivity contribution in [2.24, 2.45) is 0 Å². The average Bonchev–Trinajstić information content (AvgIpc) is 2.27. The first-order valence-corrected chi connectivity index (χ1v) is 5.66. The van der Waals surface area contributed by atoms with Crippen LogP contribution in [0.25, 0.3) is 0 Å². The van der Waals surface area contributed by atoms with Crippen LogP contribution >= 0.6 is 0 Å². The van der Waals surface area contributed by atoms with Gasteiger partial charge < -0.3 is 14.6 Å². The van der Waals surface area contributed by atoms with Crippen LogP contribution in [0.4, 0.5) is 9.59 Å². The number of allylic oxidation sites excluding steroid dienone is 2. The maximum absolute atomic E-state index is 11.7. The molecule has 0 aromatic rings. The summed E-state index contributed by atoms with van der Waals surface area (Å²) in [5.41, 5.74) is 1.63. The Hall–Kier alpha value is -2.25. The number of carbonyl (C=O) groups excluding carboxylic acids is 3. The average molecular weight is 274 g/mol. The number of amides is 2. The molecular weight excluding hydrogens is 256 g/mol. The number of ketones is 1. The molecule has 0 aromatic heterocycles. The minimum atomic E-state index is -1.01. The molecule has 0 aromatic carbocycles. The molecule has 8 nitrogen and oxygen atoms in total. The van der Waals surface area contributed by atoms with E-state index in [2.05, 4.69) is 9.47 Å². The second-order valence-corrected chi connectivity index (χ2v) is 3.36. The van der Waals surface area contributed by atoms with Gasteiger partial charge in [0.25, 0.3) is 0 Å². The van der Waals surface area contributed by atoms with Gasteiger partial charge in [0.1, 0.15) is 11.5 Å². The summed E-state index contributed by atoms with van der Waals surface area (Å²) in [6, 6.07) is 0. The van der Waals surface area contributed by atoms with Crippen LogP contribution in [0.2, 0.25) is 0 Å². The highest BCUT2D eigenvalue weighted by Crippen LogP contribution is 2.10. The van der Waals surface area contributed by atoms with Gasteiger partial charge in [-0.05, 0) is 20.8 Å². The normalized spacial score (nSPS) is 11.2. The predicted molar refractivity (Wildman–Crippen MR) is 65.0 cm³/mol. The van der Waals surface area contributed by atoms with Crippen molar-refractivity contribution in [3.63, 3.8) is 0 Å². The van der Waals surface area contributed by atoms with E-state index in [9.17, 15) is 19.5 Å². The highest BCUT2D eigenvalue weighted by molar-refractivity contribution is 5.97. The molecule has 19 heavy (non-hydrogen) atoms. The van der Waals surface area contributed by atoms with Crippen LogP contribution in [-0.2, 0) is 14.3 Å². The number of aliphatic hydroxyl groups excluding tert-OH is 1. The molecule has 0 rings (SSSR count). The first-order valence-electron chi connectivity index (χ1n) is 5.66. The van der Waals surface area contributed by atoms with Gasteiger partial charge in [0, 0.05) is 6.92 Å². The predicted octanol–water partition coefficient (Wildman–Crippen LogP) is 1.48. The zero-order chi connectivity index (χ0) is 15.0. The molecule has 2 amide bonds. The lowest BCUT2D eigenvalue weighted by Gasteiger charge is -2.23. The number of hydrazine groups is 1. The fourth-order valence-electron chi connectivity index (χ4n) is 1.21. The van der Waals surface area contributed by atoms with E-state index in [1.165, 1.54) is 6.92 Å². The molecule has 0 saturated carbocycles. The molecule has 0 unspecified atom stereocenters. The molecule has 0 spiro atoms. The molecule has 108 valence electrons. The molecule has 0 fully saturated rings. The van der Waals surface area contributed by atoms with E-state index >= 15 is 0 Å². The van der Waals surface area contributed by atoms with Crippen molar-refractivity contribution in [2.75, 3.05) is 13.2 Å². The van der Waals surface area contributed by atoms with Crippen LogP contribution in [0.1, 0.15) is 27.7 Å². The van der Waals surface area contributed by atoms with Crippen LogP contribution in [0.3, 0.4) is 0 Å². The minimum absolute atomic E-state index is 0.0372. The van der Waals surface area contributed by atoms with Crippen molar-refractivity contribution in [2.45, 2.75) is 27.7 Å². The Morgan fingerprint density at radius 2 is 1.63 bits per heavy atom. The third kappa shape index (κ3) is 5.28. The topological polar surface area (TPSA) is 105 Å². The summed E-state index contributed by atoms with van der Waals surface area (Å²) in [6.45, 7) is 5.59. The van der Waals surface area contributed by atoms with E-state index < -0.39 is 29.4 Å². The van der Waals surface area contributed by atoms with Gasteiger partial charge in [-0.3, -0.25) is 4.79 Å². The molecule has 0 aliphatic heterocycles. The Bertz CT molecular complexity index is 387. The Kier molecular flexibility index (Phi) is 7.02. The third-order valence-electron chi connectivity index (χ3n) is 1.83. The first-order chi connectivity index (χ1) is 8.84. The summed E-state index contributed by atoms with van der Waals surface area (Å²) < 4.78 is 9.28. The van der Waals surface area contributed by atoms with E-state index in [1.807, 2.05) is 5.43 Å². The number of carbonyl (C=O) groups is 3. The van der Waals surface area contributed by atoms with Gasteiger partial charge in [-0.2, -0.15) is 5.01 Å². The number of hydrogen-bond acceptors (Lipinski definition) is 6. The quantitative estimate of drug-likeness (QED) is 0.457. The summed E-state index contributed by atoms with van der Waals surface area (Å²) in [7, 11) is 0. The van der Waals surface area contributed by atoms with Crippen molar-refractivity contribution in [3.8, 4) is 0 Å². The number of nitrogens with one attached hydrogen (secondary N) is 1. The standard InChI is InChI=1S/C11H18N2O6/c1-5-18-10(16)12-13(11(17)19-6-2)9(7(3)14)8(4)15/h14H,5-6H2,1-4H3,(H,12,16)/b9-7+. The number of hydrogen-bond donors (Lipinski definition) is 2. The van der Waals surface area contributed by atoms with E-state index in [1.54, 1.807) is 13.8 Å². The van der Waals surface area contributed by atoms with Gasteiger partial charge in [0.15, 0.2) is 5.78 Å². The Morgan fingerprint density at radius 3 is 2.00 bits per heavy atom. The van der Waals surface area contributed by atoms with Crippen LogP contribution in [-0.4, -0.2) is 41.3 Å². The summed E-state index contributed by atoms with van der Waals surface area (Å²) in [4.78, 5) is 34.4. The lowest BCUT2D eigenvalue weighted by atomic mass is 10.3. The number of aliphatic hydroxyl groups is 1. The zero-order valence-electron chi connectivity index (χ0n) is 11.3. The SMILES string of the molecule is CCOC(=O)NN(C(=O)OCC)/C(C(C)=O)=C(\C)O. The van der Waals surface area contributed by atoms with Crippen molar-refractivity contribution in [1.82, 2.24) is 10.4 Å². The number of ether oxygens (including phenoxy) is 2. The molecule has 0 saturated heterocycles. The molecule has 0 bridgehead atoms. The van der Waals surface area contributed by atoms with Gasteiger partial charge in [-0.25, -0.2) is 15.0 Å². The number of Topliss-reactive ketones (excluding diaryl/α,β-unsaturated/α-hetero) is 1. The number of nitrogens with zero attached hydrogens (tertiary/aromatic N) is 1. The van der Waals surface area contributed by atoms with Gasteiger partial charge in [-0.15, -0.1) is 0 Å². The minimum Gasteiger partial charge on any atom is -0.510 e. The summed E-state index contributed by atoms with van der Waals surface area (Å²) in [5.74, 6) is -1.05. The van der Waals surface area contributed by atoms with Crippen molar-refractivity contribution in [1.29, 1.82) is 0 Å². The summed E-state index contributed by atoms with van der Waals surface area (Å²) >= 11 is 0. The highest BCUT2D eigenvalue weighted by atomic mass is 16.6. The molecule has 0 heterocycles. The summed E-state index contributed by atoms with van der Waals surface area (Å²) in [6.07, 6.45) is -1.95. The molecule has 2 N–H and O–H groups in total. The van der Waals surface area contributed by atoms with Crippen LogP contribution in [0, 0.1) is 0 Å². The summed E-state index contributed by atoms with van der Waals surface area (Å²) in [5, 5.41) is 9.94. The number of rotatable bonds is 4. The maximum Gasteiger partial charge on any atom is 0.433 e. The molecule has 0 radical (unpaired) electrons.